The number of nitrogens with zero attached hydrogens (tertiary/aromatic N) is 3. The van der Waals surface area contributed by atoms with Crippen molar-refractivity contribution in [3.63, 3.8) is 0 Å². The van der Waals surface area contributed by atoms with Crippen LogP contribution in [-0.2, 0) is 14.3 Å². The Bertz CT molecular complexity index is 1690. The van der Waals surface area contributed by atoms with Crippen molar-refractivity contribution in [2.75, 3.05) is 50.1 Å². The highest BCUT2D eigenvalue weighted by molar-refractivity contribution is 6.16. The van der Waals surface area contributed by atoms with Gasteiger partial charge in [-0.3, -0.25) is 19.5 Å². The van der Waals surface area contributed by atoms with Crippen molar-refractivity contribution in [1.82, 2.24) is 14.9 Å². The quantitative estimate of drug-likeness (QED) is 0.241. The molecule has 0 unspecified atom stereocenters. The molecule has 2 fully saturated rings. The highest BCUT2D eigenvalue weighted by Crippen LogP contribution is 2.47. The number of nitrogens with one attached hydrogen (secondary N) is 2. The van der Waals surface area contributed by atoms with Crippen LogP contribution in [0.25, 0.3) is 10.9 Å². The van der Waals surface area contributed by atoms with Gasteiger partial charge in [-0.25, -0.2) is 13.8 Å². The number of hydrogen-bond acceptors (Lipinski definition) is 8. The summed E-state index contributed by atoms with van der Waals surface area (Å²) in [5.41, 5.74) is 0.648. The summed E-state index contributed by atoms with van der Waals surface area (Å²) in [7, 11) is 0. The second-order valence-electron chi connectivity index (χ2n) is 10.8. The molecule has 44 heavy (non-hydrogen) atoms. The minimum absolute atomic E-state index is 0.0609. The number of hydrogen-bond donors (Lipinski definition) is 2. The van der Waals surface area contributed by atoms with E-state index in [1.165, 1.54) is 36.4 Å². The van der Waals surface area contributed by atoms with Gasteiger partial charge in [-0.05, 0) is 62.2 Å². The van der Waals surface area contributed by atoms with Gasteiger partial charge in [-0.2, -0.15) is 0 Å². The van der Waals surface area contributed by atoms with Crippen LogP contribution in [0.3, 0.4) is 0 Å². The molecular weight excluding hydrogens is 572 g/mol. The van der Waals surface area contributed by atoms with Crippen molar-refractivity contribution in [3.05, 3.63) is 78.1 Å². The number of ether oxygens (including phenoxy) is 3. The van der Waals surface area contributed by atoms with Crippen LogP contribution < -0.4 is 20.1 Å². The Balaban J connectivity index is 1.10. The molecule has 0 atom stereocenters. The molecule has 1 saturated heterocycles. The maximum atomic E-state index is 15.2. The van der Waals surface area contributed by atoms with Crippen LogP contribution in [0.15, 0.2) is 60.9 Å². The summed E-state index contributed by atoms with van der Waals surface area (Å²) < 4.78 is 45.6. The van der Waals surface area contributed by atoms with E-state index in [0.717, 1.165) is 44.5 Å². The molecule has 2 aliphatic rings. The van der Waals surface area contributed by atoms with Gasteiger partial charge in [0.2, 0.25) is 17.7 Å². The fourth-order valence-corrected chi connectivity index (χ4v) is 5.03. The van der Waals surface area contributed by atoms with Crippen molar-refractivity contribution in [2.45, 2.75) is 19.8 Å². The lowest BCUT2D eigenvalue weighted by atomic mass is 10.0. The zero-order chi connectivity index (χ0) is 30.7. The topological polar surface area (TPSA) is 115 Å². The number of aromatic nitrogens is 2. The van der Waals surface area contributed by atoms with Gasteiger partial charge < -0.3 is 24.8 Å². The van der Waals surface area contributed by atoms with Gasteiger partial charge in [0.1, 0.15) is 23.6 Å². The van der Waals surface area contributed by atoms with Crippen molar-refractivity contribution in [2.24, 2.45) is 5.41 Å². The molecule has 3 heterocycles. The van der Waals surface area contributed by atoms with Crippen LogP contribution >= 0.6 is 0 Å². The van der Waals surface area contributed by atoms with Crippen LogP contribution in [0.1, 0.15) is 18.4 Å². The first-order chi connectivity index (χ1) is 21.3. The molecule has 1 aliphatic heterocycles. The largest absolute Gasteiger partial charge is 0.476 e. The van der Waals surface area contributed by atoms with E-state index < -0.39 is 28.9 Å². The smallest absolute Gasteiger partial charge is 0.240 e. The van der Waals surface area contributed by atoms with Crippen LogP contribution in [0.2, 0.25) is 0 Å². The van der Waals surface area contributed by atoms with Crippen molar-refractivity contribution in [1.29, 1.82) is 0 Å². The second-order valence-corrected chi connectivity index (χ2v) is 10.8. The van der Waals surface area contributed by atoms with E-state index in [1.54, 1.807) is 18.5 Å². The number of carbonyl (C=O) groups is 2. The van der Waals surface area contributed by atoms with Crippen LogP contribution in [0.4, 0.5) is 20.2 Å². The van der Waals surface area contributed by atoms with E-state index in [1.807, 2.05) is 6.92 Å². The maximum Gasteiger partial charge on any atom is 0.240 e. The van der Waals surface area contributed by atoms with Crippen LogP contribution in [0.5, 0.6) is 17.4 Å². The number of anilines is 2. The minimum atomic E-state index is -1.27. The number of benzene rings is 2. The number of pyridine rings is 2. The molecule has 12 heteroatoms. The Morgan fingerprint density at radius 2 is 1.66 bits per heavy atom. The highest BCUT2D eigenvalue weighted by atomic mass is 19.1. The summed E-state index contributed by atoms with van der Waals surface area (Å²) in [6.07, 6.45) is 3.85. The lowest BCUT2D eigenvalue weighted by molar-refractivity contribution is -0.131. The molecule has 0 radical (unpaired) electrons. The van der Waals surface area contributed by atoms with E-state index in [0.29, 0.717) is 47.7 Å². The van der Waals surface area contributed by atoms with E-state index in [9.17, 15) is 14.0 Å². The first kappa shape index (κ1) is 29.4. The number of morpholine rings is 1. The molecule has 1 saturated carbocycles. The number of amides is 2. The Morgan fingerprint density at radius 1 is 0.955 bits per heavy atom. The van der Waals surface area contributed by atoms with Crippen molar-refractivity contribution in [3.8, 4) is 17.4 Å². The monoisotopic (exact) mass is 603 g/mol. The van der Waals surface area contributed by atoms with Crippen LogP contribution in [-0.4, -0.2) is 66.1 Å². The van der Waals surface area contributed by atoms with Gasteiger partial charge in [-0.1, -0.05) is 0 Å². The Hall–Kier alpha value is -4.68. The fraction of sp³-hybridized carbons (Fsp3) is 0.312. The van der Waals surface area contributed by atoms with E-state index in [2.05, 4.69) is 25.5 Å². The fourth-order valence-electron chi connectivity index (χ4n) is 5.03. The van der Waals surface area contributed by atoms with E-state index in [4.69, 9.17) is 14.2 Å². The van der Waals surface area contributed by atoms with E-state index >= 15 is 4.39 Å². The lowest BCUT2D eigenvalue weighted by Gasteiger charge is -2.26. The number of fused-ring (bicyclic) bond motifs is 1. The minimum Gasteiger partial charge on any atom is -0.476 e. The molecule has 2 aromatic heterocycles. The molecule has 0 bridgehead atoms. The standard InChI is InChI=1S/C32H31F2N5O5/c1-20-28-24(19-36-29(20)43-17-14-39-12-15-42-16-13-39)26(8-11-35-28)44-27-7-6-23(18-25(27)34)38-31(41)32(9-10-32)30(40)37-22-4-2-21(33)3-5-22/h2-8,11,18-19H,9-10,12-17H2,1H3,(H,37,40)(H,38,41). The first-order valence-electron chi connectivity index (χ1n) is 14.4. The molecule has 0 spiro atoms. The average molecular weight is 604 g/mol. The van der Waals surface area contributed by atoms with E-state index in [-0.39, 0.29) is 11.4 Å². The molecule has 1 aliphatic carbocycles. The molecule has 2 aromatic carbocycles. The zero-order valence-electron chi connectivity index (χ0n) is 24.1. The first-order valence-corrected chi connectivity index (χ1v) is 14.4. The summed E-state index contributed by atoms with van der Waals surface area (Å²) in [6.45, 7) is 6.28. The Kier molecular flexibility index (Phi) is 8.36. The third-order valence-electron chi connectivity index (χ3n) is 7.82. The van der Waals surface area contributed by atoms with Gasteiger partial charge in [0, 0.05) is 55.0 Å². The molecule has 4 aromatic rings. The van der Waals surface area contributed by atoms with Crippen LogP contribution in [0, 0.1) is 24.0 Å². The summed E-state index contributed by atoms with van der Waals surface area (Å²) in [5, 5.41) is 5.87. The predicted molar refractivity (Wildman–Crippen MR) is 159 cm³/mol. The predicted octanol–water partition coefficient (Wildman–Crippen LogP) is 5.08. The molecule has 2 N–H and O–H groups in total. The third kappa shape index (κ3) is 6.31. The zero-order valence-corrected chi connectivity index (χ0v) is 24.1. The third-order valence-corrected chi connectivity index (χ3v) is 7.82. The molecule has 2 amide bonds. The van der Waals surface area contributed by atoms with Crippen molar-refractivity contribution < 1.29 is 32.6 Å². The maximum absolute atomic E-state index is 15.2. The normalized spacial score (nSPS) is 15.9. The number of carbonyl (C=O) groups excluding carboxylic acids is 2. The lowest BCUT2D eigenvalue weighted by Crippen LogP contribution is -2.38. The molecule has 228 valence electrons. The molecular formula is C32H31F2N5O5. The summed E-state index contributed by atoms with van der Waals surface area (Å²) in [4.78, 5) is 37.0. The number of rotatable bonds is 10. The van der Waals surface area contributed by atoms with Gasteiger partial charge in [0.05, 0.1) is 24.1 Å². The van der Waals surface area contributed by atoms with Gasteiger partial charge in [0.25, 0.3) is 0 Å². The Morgan fingerprint density at radius 3 is 2.36 bits per heavy atom. The second kappa shape index (κ2) is 12.5. The number of aryl methyl sites for hydroxylation is 1. The average Bonchev–Trinajstić information content (AvgIpc) is 3.84. The number of halogens is 2. The summed E-state index contributed by atoms with van der Waals surface area (Å²) in [6, 6.07) is 10.9. The van der Waals surface area contributed by atoms with Gasteiger partial charge >= 0.3 is 0 Å². The molecule has 10 nitrogen and oxygen atoms in total. The summed E-state index contributed by atoms with van der Waals surface area (Å²) in [5.74, 6) is -1.42. The Labute approximate surface area is 252 Å². The van der Waals surface area contributed by atoms with Gasteiger partial charge in [0.15, 0.2) is 11.6 Å². The summed E-state index contributed by atoms with van der Waals surface area (Å²) >= 11 is 0. The van der Waals surface area contributed by atoms with Gasteiger partial charge in [-0.15, -0.1) is 0 Å². The van der Waals surface area contributed by atoms with Crippen molar-refractivity contribution >= 4 is 34.1 Å². The molecule has 6 rings (SSSR count). The highest BCUT2D eigenvalue weighted by Gasteiger charge is 2.56. The SMILES string of the molecule is Cc1c(OCCN2CCOCC2)ncc2c(Oc3ccc(NC(=O)C4(C(=O)Nc5ccc(F)cc5)CC4)cc3F)ccnc12.